The van der Waals surface area contributed by atoms with E-state index in [4.69, 9.17) is 12.2 Å². The van der Waals surface area contributed by atoms with Gasteiger partial charge in [-0.3, -0.25) is 4.57 Å². The van der Waals surface area contributed by atoms with Crippen LogP contribution < -0.4 is 0 Å². The van der Waals surface area contributed by atoms with Gasteiger partial charge in [0.1, 0.15) is 0 Å². The van der Waals surface area contributed by atoms with E-state index in [0.29, 0.717) is 4.77 Å². The quantitative estimate of drug-likeness (QED) is 0.627. The van der Waals surface area contributed by atoms with E-state index in [0.717, 1.165) is 21.4 Å². The summed E-state index contributed by atoms with van der Waals surface area (Å²) in [5, 5.41) is 0. The van der Waals surface area contributed by atoms with E-state index in [9.17, 15) is 0 Å². The molecule has 0 amide bonds. The Morgan fingerprint density at radius 2 is 1.65 bits per heavy atom. The molecule has 4 heteroatoms. The topological polar surface area (TPSA) is 20.7 Å². The summed E-state index contributed by atoms with van der Waals surface area (Å²) in [5.74, 6) is 0. The molecule has 0 saturated carbocycles. The lowest BCUT2D eigenvalue weighted by Gasteiger charge is -2.01. The first-order valence-corrected chi connectivity index (χ1v) is 7.48. The van der Waals surface area contributed by atoms with Crippen molar-refractivity contribution in [2.45, 2.75) is 6.92 Å². The van der Waals surface area contributed by atoms with Gasteiger partial charge in [-0.1, -0.05) is 45.8 Å². The highest BCUT2D eigenvalue weighted by molar-refractivity contribution is 9.10. The molecule has 0 bridgehead atoms. The largest absolute Gasteiger partial charge is 0.330 e. The molecular weight excluding hydrogens is 332 g/mol. The number of nitrogens with one attached hydrogen (secondary N) is 1. The number of aromatic amines is 1. The number of aromatic nitrogens is 2. The minimum absolute atomic E-state index is 0.697. The fraction of sp³-hybridized carbons (Fsp3) is 0.0625. The third-order valence-corrected chi connectivity index (χ3v) is 4.01. The molecule has 3 rings (SSSR count). The molecule has 1 N–H and O–H groups in total. The molecule has 0 radical (unpaired) electrons. The highest BCUT2D eigenvalue weighted by Crippen LogP contribution is 2.21. The van der Waals surface area contributed by atoms with Gasteiger partial charge in [-0.25, -0.2) is 0 Å². The number of imidazole rings is 1. The fourth-order valence-electron chi connectivity index (χ4n) is 2.07. The van der Waals surface area contributed by atoms with Gasteiger partial charge >= 0.3 is 0 Å². The van der Waals surface area contributed by atoms with Crippen molar-refractivity contribution in [1.29, 1.82) is 0 Å². The Kier molecular flexibility index (Phi) is 3.59. The SMILES string of the molecule is Cc1ccc(-c2cn(-c3ccc(Br)cc3)c(=S)[nH]2)cc1. The van der Waals surface area contributed by atoms with Crippen LogP contribution in [-0.4, -0.2) is 9.55 Å². The average molecular weight is 345 g/mol. The monoisotopic (exact) mass is 344 g/mol. The van der Waals surface area contributed by atoms with E-state index in [1.807, 2.05) is 35.0 Å². The molecule has 0 saturated heterocycles. The van der Waals surface area contributed by atoms with Gasteiger partial charge in [-0.05, 0) is 49.0 Å². The van der Waals surface area contributed by atoms with Gasteiger partial charge in [-0.2, -0.15) is 0 Å². The molecule has 0 atom stereocenters. The third kappa shape index (κ3) is 2.62. The first-order chi connectivity index (χ1) is 9.63. The maximum Gasteiger partial charge on any atom is 0.182 e. The highest BCUT2D eigenvalue weighted by atomic mass is 79.9. The summed E-state index contributed by atoms with van der Waals surface area (Å²) < 4.78 is 3.74. The summed E-state index contributed by atoms with van der Waals surface area (Å²) >= 11 is 8.85. The van der Waals surface area contributed by atoms with Gasteiger partial charge in [0, 0.05) is 16.4 Å². The van der Waals surface area contributed by atoms with Crippen LogP contribution >= 0.6 is 28.1 Å². The van der Waals surface area contributed by atoms with Gasteiger partial charge in [-0.15, -0.1) is 0 Å². The van der Waals surface area contributed by atoms with Crippen LogP contribution in [0.2, 0.25) is 0 Å². The van der Waals surface area contributed by atoms with Gasteiger partial charge in [0.05, 0.1) is 5.69 Å². The Labute approximate surface area is 131 Å². The molecule has 0 aliphatic rings. The van der Waals surface area contributed by atoms with Crippen molar-refractivity contribution in [2.75, 3.05) is 0 Å². The molecule has 100 valence electrons. The van der Waals surface area contributed by atoms with E-state index in [-0.39, 0.29) is 0 Å². The molecule has 0 spiro atoms. The van der Waals surface area contributed by atoms with Crippen molar-refractivity contribution < 1.29 is 0 Å². The molecule has 2 aromatic carbocycles. The van der Waals surface area contributed by atoms with E-state index >= 15 is 0 Å². The number of H-pyrrole nitrogens is 1. The normalized spacial score (nSPS) is 10.7. The minimum Gasteiger partial charge on any atom is -0.330 e. The summed E-state index contributed by atoms with van der Waals surface area (Å²) in [7, 11) is 0. The van der Waals surface area contributed by atoms with Crippen LogP contribution in [0.3, 0.4) is 0 Å². The number of halogens is 1. The molecule has 20 heavy (non-hydrogen) atoms. The lowest BCUT2D eigenvalue weighted by atomic mass is 10.1. The predicted octanol–water partition coefficient (Wildman–Crippen LogP) is 5.27. The van der Waals surface area contributed by atoms with Crippen LogP contribution in [0.15, 0.2) is 59.2 Å². The van der Waals surface area contributed by atoms with Gasteiger partial charge < -0.3 is 4.98 Å². The first kappa shape index (κ1) is 13.3. The smallest absolute Gasteiger partial charge is 0.182 e. The summed E-state index contributed by atoms with van der Waals surface area (Å²) in [5.41, 5.74) is 4.46. The average Bonchev–Trinajstić information content (AvgIpc) is 2.82. The molecule has 3 aromatic rings. The summed E-state index contributed by atoms with van der Waals surface area (Å²) in [6, 6.07) is 16.5. The predicted molar refractivity (Wildman–Crippen MR) is 88.8 cm³/mol. The van der Waals surface area contributed by atoms with Crippen LogP contribution in [-0.2, 0) is 0 Å². The number of hydrogen-bond donors (Lipinski definition) is 1. The Morgan fingerprint density at radius 1 is 1.00 bits per heavy atom. The molecular formula is C16H13BrN2S. The van der Waals surface area contributed by atoms with E-state index in [1.165, 1.54) is 5.56 Å². The lowest BCUT2D eigenvalue weighted by molar-refractivity contribution is 1.03. The van der Waals surface area contributed by atoms with Crippen LogP contribution in [0.4, 0.5) is 0 Å². The third-order valence-electron chi connectivity index (χ3n) is 3.19. The van der Waals surface area contributed by atoms with Crippen molar-refractivity contribution in [3.8, 4) is 16.9 Å². The van der Waals surface area contributed by atoms with Gasteiger partial charge in [0.25, 0.3) is 0 Å². The Bertz CT molecular complexity index is 783. The lowest BCUT2D eigenvalue weighted by Crippen LogP contribution is -1.90. The van der Waals surface area contributed by atoms with Crippen LogP contribution in [0, 0.1) is 11.7 Å². The number of nitrogens with zero attached hydrogens (tertiary/aromatic N) is 1. The molecule has 0 unspecified atom stereocenters. The fourth-order valence-corrected chi connectivity index (χ4v) is 2.60. The van der Waals surface area contributed by atoms with Crippen LogP contribution in [0.5, 0.6) is 0 Å². The number of benzene rings is 2. The van der Waals surface area contributed by atoms with Crippen molar-refractivity contribution in [3.63, 3.8) is 0 Å². The van der Waals surface area contributed by atoms with E-state index < -0.39 is 0 Å². The zero-order chi connectivity index (χ0) is 14.1. The van der Waals surface area contributed by atoms with Crippen molar-refractivity contribution in [1.82, 2.24) is 9.55 Å². The molecule has 0 fully saturated rings. The summed E-state index contributed by atoms with van der Waals surface area (Å²) in [6.45, 7) is 2.08. The maximum atomic E-state index is 5.41. The molecule has 0 aliphatic heterocycles. The number of aryl methyl sites for hydroxylation is 1. The zero-order valence-corrected chi connectivity index (χ0v) is 13.3. The highest BCUT2D eigenvalue weighted by Gasteiger charge is 2.04. The minimum atomic E-state index is 0.697. The van der Waals surface area contributed by atoms with Gasteiger partial charge in [0.15, 0.2) is 4.77 Å². The molecule has 2 nitrogen and oxygen atoms in total. The Balaban J connectivity index is 2.05. The second-order valence-corrected chi connectivity index (χ2v) is 5.99. The summed E-state index contributed by atoms with van der Waals surface area (Å²) in [6.07, 6.45) is 2.04. The van der Waals surface area contributed by atoms with E-state index in [2.05, 4.69) is 52.1 Å². The second-order valence-electron chi connectivity index (χ2n) is 4.69. The van der Waals surface area contributed by atoms with Crippen LogP contribution in [0.25, 0.3) is 16.9 Å². The summed E-state index contributed by atoms with van der Waals surface area (Å²) in [4.78, 5) is 3.26. The van der Waals surface area contributed by atoms with Crippen molar-refractivity contribution >= 4 is 28.1 Å². The number of hydrogen-bond acceptors (Lipinski definition) is 1. The second kappa shape index (κ2) is 5.38. The van der Waals surface area contributed by atoms with Crippen LogP contribution in [0.1, 0.15) is 5.56 Å². The number of rotatable bonds is 2. The van der Waals surface area contributed by atoms with Crippen molar-refractivity contribution in [3.05, 3.63) is 69.5 Å². The zero-order valence-electron chi connectivity index (χ0n) is 10.9. The Hall–Kier alpha value is -1.65. The molecule has 0 aliphatic carbocycles. The maximum absolute atomic E-state index is 5.41. The van der Waals surface area contributed by atoms with E-state index in [1.54, 1.807) is 0 Å². The first-order valence-electron chi connectivity index (χ1n) is 6.28. The van der Waals surface area contributed by atoms with Crippen molar-refractivity contribution in [2.24, 2.45) is 0 Å². The molecule has 1 aromatic heterocycles. The molecule has 1 heterocycles. The standard InChI is InChI=1S/C16H13BrN2S/c1-11-2-4-12(5-3-11)15-10-19(16(20)18-15)14-8-6-13(17)7-9-14/h2-10H,1H3,(H,18,20). The Morgan fingerprint density at radius 3 is 2.30 bits per heavy atom. The van der Waals surface area contributed by atoms with Gasteiger partial charge in [0.2, 0.25) is 0 Å².